The van der Waals surface area contributed by atoms with Gasteiger partial charge in [-0.15, -0.1) is 11.3 Å². The van der Waals surface area contributed by atoms with Crippen LogP contribution in [0.25, 0.3) is 69.6 Å². The highest BCUT2D eigenvalue weighted by Gasteiger charge is 2.15. The highest BCUT2D eigenvalue weighted by atomic mass is 32.1. The Hall–Kier alpha value is -5.38. The van der Waals surface area contributed by atoms with Crippen LogP contribution >= 0.6 is 11.3 Å². The molecule has 0 aliphatic rings. The average molecular weight is 567 g/mol. The predicted octanol–water partition coefficient (Wildman–Crippen LogP) is 11.7. The van der Waals surface area contributed by atoms with Gasteiger partial charge in [0.25, 0.3) is 0 Å². The van der Waals surface area contributed by atoms with Crippen molar-refractivity contribution in [3.05, 3.63) is 152 Å². The second-order valence-corrected chi connectivity index (χ2v) is 12.2. The molecule has 9 aromatic rings. The fraction of sp³-hybridized carbons (Fsp3) is 0. The van der Waals surface area contributed by atoms with Gasteiger partial charge in [-0.2, -0.15) is 0 Å². The number of benzene rings is 7. The number of para-hydroxylation sites is 1. The maximum atomic E-state index is 3.69. The number of nitrogens with zero attached hydrogens (tertiary/aromatic N) is 1. The van der Waals surface area contributed by atoms with Gasteiger partial charge in [0.2, 0.25) is 0 Å². The van der Waals surface area contributed by atoms with Gasteiger partial charge >= 0.3 is 0 Å². The molecule has 0 fully saturated rings. The first-order chi connectivity index (χ1) is 21.3. The molecule has 202 valence electrons. The van der Waals surface area contributed by atoms with E-state index in [9.17, 15) is 0 Å². The summed E-state index contributed by atoms with van der Waals surface area (Å²) in [6, 6.07) is 54.9. The van der Waals surface area contributed by atoms with Crippen molar-refractivity contribution in [3.63, 3.8) is 0 Å². The maximum Gasteiger partial charge on any atom is 0.0590 e. The summed E-state index contributed by atoms with van der Waals surface area (Å²) in [7, 11) is 0. The minimum absolute atomic E-state index is 1.08. The lowest BCUT2D eigenvalue weighted by Gasteiger charge is -2.11. The quantitative estimate of drug-likeness (QED) is 0.224. The van der Waals surface area contributed by atoms with E-state index in [2.05, 4.69) is 162 Å². The second kappa shape index (κ2) is 9.59. The monoisotopic (exact) mass is 566 g/mol. The minimum Gasteiger partial charge on any atom is -0.354 e. The van der Waals surface area contributed by atoms with Crippen molar-refractivity contribution in [3.8, 4) is 16.8 Å². The molecule has 7 aromatic carbocycles. The number of rotatable bonds is 4. The van der Waals surface area contributed by atoms with Gasteiger partial charge < -0.3 is 9.88 Å². The number of thiophene rings is 1. The predicted molar refractivity (Wildman–Crippen MR) is 186 cm³/mol. The smallest absolute Gasteiger partial charge is 0.0590 e. The molecule has 1 N–H and O–H groups in total. The molecule has 0 bridgehead atoms. The highest BCUT2D eigenvalue weighted by Crippen LogP contribution is 2.40. The second-order valence-electron chi connectivity index (χ2n) is 11.1. The lowest BCUT2D eigenvalue weighted by atomic mass is 10.0. The van der Waals surface area contributed by atoms with Crippen LogP contribution in [0.1, 0.15) is 0 Å². The van der Waals surface area contributed by atoms with Crippen LogP contribution in [0.5, 0.6) is 0 Å². The summed E-state index contributed by atoms with van der Waals surface area (Å²) in [6.07, 6.45) is 0. The van der Waals surface area contributed by atoms with Gasteiger partial charge in [-0.1, -0.05) is 97.1 Å². The van der Waals surface area contributed by atoms with Gasteiger partial charge in [0.1, 0.15) is 0 Å². The first-order valence-electron chi connectivity index (χ1n) is 14.6. The molecule has 2 nitrogen and oxygen atoms in total. The average Bonchev–Trinajstić information content (AvgIpc) is 3.60. The van der Waals surface area contributed by atoms with Crippen LogP contribution in [0.3, 0.4) is 0 Å². The fourth-order valence-corrected chi connectivity index (χ4v) is 7.66. The number of nitrogens with one attached hydrogen (secondary N) is 1. The van der Waals surface area contributed by atoms with Gasteiger partial charge in [0.05, 0.1) is 21.4 Å². The fourth-order valence-electron chi connectivity index (χ4n) is 6.49. The van der Waals surface area contributed by atoms with Crippen LogP contribution in [-0.2, 0) is 0 Å². The molecule has 0 spiro atoms. The first kappa shape index (κ1) is 24.2. The van der Waals surface area contributed by atoms with E-state index in [-0.39, 0.29) is 0 Å². The van der Waals surface area contributed by atoms with E-state index in [4.69, 9.17) is 0 Å². The molecule has 0 saturated carbocycles. The zero-order valence-corrected chi connectivity index (χ0v) is 24.1. The molecule has 0 aliphatic carbocycles. The standard InChI is InChI=1S/C40H26N2S/c1-2-11-31(12-3-1)42-37-25-29(19-22-32(37)35-23-27-9-4-5-10-28(27)24-38(35)42)26-17-20-30(21-18-26)41-36-15-8-14-34-33-13-6-7-16-39(33)43-40(34)36/h1-25,41H. The Morgan fingerprint density at radius 1 is 0.465 bits per heavy atom. The minimum atomic E-state index is 1.08. The van der Waals surface area contributed by atoms with Gasteiger partial charge in [-0.05, 0) is 76.5 Å². The SMILES string of the molecule is c1ccc(-n2c3cc(-c4ccc(Nc5cccc6c5sc5ccccc56)cc4)ccc3c3cc4ccccc4cc32)cc1. The number of aromatic nitrogens is 1. The number of anilines is 2. The Balaban J connectivity index is 1.13. The van der Waals surface area contributed by atoms with Gasteiger partial charge in [0, 0.05) is 37.6 Å². The Morgan fingerprint density at radius 3 is 2.02 bits per heavy atom. The Labute approximate surface area is 253 Å². The molecule has 0 unspecified atom stereocenters. The summed E-state index contributed by atoms with van der Waals surface area (Å²) in [4.78, 5) is 0. The molecule has 0 amide bonds. The van der Waals surface area contributed by atoms with E-state index in [1.807, 2.05) is 11.3 Å². The van der Waals surface area contributed by atoms with Crippen molar-refractivity contribution in [2.75, 3.05) is 5.32 Å². The van der Waals surface area contributed by atoms with E-state index in [1.165, 1.54) is 69.6 Å². The third-order valence-electron chi connectivity index (χ3n) is 8.55. The topological polar surface area (TPSA) is 17.0 Å². The molecule has 0 radical (unpaired) electrons. The van der Waals surface area contributed by atoms with E-state index >= 15 is 0 Å². The summed E-state index contributed by atoms with van der Waals surface area (Å²) in [6.45, 7) is 0. The first-order valence-corrected chi connectivity index (χ1v) is 15.4. The van der Waals surface area contributed by atoms with Crippen LogP contribution in [0.2, 0.25) is 0 Å². The molecule has 0 atom stereocenters. The Morgan fingerprint density at radius 2 is 1.16 bits per heavy atom. The number of hydrogen-bond acceptors (Lipinski definition) is 2. The van der Waals surface area contributed by atoms with E-state index in [0.29, 0.717) is 0 Å². The summed E-state index contributed by atoms with van der Waals surface area (Å²) in [5.41, 5.74) is 8.25. The van der Waals surface area contributed by atoms with Crippen molar-refractivity contribution in [2.45, 2.75) is 0 Å². The zero-order valence-electron chi connectivity index (χ0n) is 23.3. The Bertz CT molecular complexity index is 2470. The van der Waals surface area contributed by atoms with Gasteiger partial charge in [0.15, 0.2) is 0 Å². The van der Waals surface area contributed by atoms with Crippen LogP contribution in [-0.4, -0.2) is 4.57 Å². The maximum absolute atomic E-state index is 3.69. The van der Waals surface area contributed by atoms with Crippen LogP contribution in [0.4, 0.5) is 11.4 Å². The molecule has 0 saturated heterocycles. The van der Waals surface area contributed by atoms with Gasteiger partial charge in [-0.25, -0.2) is 0 Å². The van der Waals surface area contributed by atoms with E-state index in [1.54, 1.807) is 0 Å². The molecular formula is C40H26N2S. The highest BCUT2D eigenvalue weighted by molar-refractivity contribution is 7.26. The zero-order chi connectivity index (χ0) is 28.3. The largest absolute Gasteiger partial charge is 0.354 e. The number of hydrogen-bond donors (Lipinski definition) is 1. The summed E-state index contributed by atoms with van der Waals surface area (Å²) in [5.74, 6) is 0. The molecule has 3 heteroatoms. The third-order valence-corrected chi connectivity index (χ3v) is 9.77. The van der Waals surface area contributed by atoms with Crippen molar-refractivity contribution in [1.29, 1.82) is 0 Å². The van der Waals surface area contributed by atoms with Crippen LogP contribution in [0.15, 0.2) is 152 Å². The van der Waals surface area contributed by atoms with Crippen molar-refractivity contribution in [1.82, 2.24) is 4.57 Å². The Kier molecular flexibility index (Phi) is 5.40. The molecule has 9 rings (SSSR count). The lowest BCUT2D eigenvalue weighted by molar-refractivity contribution is 1.18. The molecule has 0 aliphatic heterocycles. The lowest BCUT2D eigenvalue weighted by Crippen LogP contribution is -1.93. The van der Waals surface area contributed by atoms with Gasteiger partial charge in [-0.3, -0.25) is 0 Å². The molecular weight excluding hydrogens is 541 g/mol. The van der Waals surface area contributed by atoms with Crippen molar-refractivity contribution in [2.24, 2.45) is 0 Å². The van der Waals surface area contributed by atoms with Crippen LogP contribution < -0.4 is 5.32 Å². The summed E-state index contributed by atoms with van der Waals surface area (Å²) >= 11 is 1.85. The van der Waals surface area contributed by atoms with Crippen molar-refractivity contribution < 1.29 is 0 Å². The molecule has 2 aromatic heterocycles. The van der Waals surface area contributed by atoms with Crippen LogP contribution in [0, 0.1) is 0 Å². The number of fused-ring (bicyclic) bond motifs is 7. The van der Waals surface area contributed by atoms with E-state index in [0.717, 1.165) is 11.4 Å². The van der Waals surface area contributed by atoms with E-state index < -0.39 is 0 Å². The summed E-state index contributed by atoms with van der Waals surface area (Å²) in [5, 5.41) is 11.4. The third kappa shape index (κ3) is 3.93. The normalized spacial score (nSPS) is 11.7. The molecule has 2 heterocycles. The van der Waals surface area contributed by atoms with Crippen molar-refractivity contribution >= 4 is 75.5 Å². The summed E-state index contributed by atoms with van der Waals surface area (Å²) < 4.78 is 5.01. The molecule has 43 heavy (non-hydrogen) atoms.